The van der Waals surface area contributed by atoms with Gasteiger partial charge in [0, 0.05) is 18.2 Å². The molecule has 2 saturated carbocycles. The fourth-order valence-corrected chi connectivity index (χ4v) is 5.37. The Bertz CT molecular complexity index is 966. The van der Waals surface area contributed by atoms with Gasteiger partial charge in [-0.3, -0.25) is 4.90 Å². The van der Waals surface area contributed by atoms with Crippen molar-refractivity contribution in [3.8, 4) is 0 Å². The van der Waals surface area contributed by atoms with Crippen LogP contribution in [0.5, 0.6) is 0 Å². The van der Waals surface area contributed by atoms with Crippen LogP contribution in [0.3, 0.4) is 0 Å². The highest BCUT2D eigenvalue weighted by atomic mass is 32.2. The highest BCUT2D eigenvalue weighted by molar-refractivity contribution is 7.91. The zero-order valence-electron chi connectivity index (χ0n) is 17.4. The van der Waals surface area contributed by atoms with Crippen molar-refractivity contribution in [2.45, 2.75) is 69.1 Å². The number of sulfone groups is 1. The van der Waals surface area contributed by atoms with Crippen LogP contribution in [0.4, 0.5) is 4.39 Å². The van der Waals surface area contributed by atoms with E-state index in [1.54, 1.807) is 42.8 Å². The van der Waals surface area contributed by atoms with Gasteiger partial charge in [0.1, 0.15) is 5.82 Å². The summed E-state index contributed by atoms with van der Waals surface area (Å²) < 4.78 is 41.8. The lowest BCUT2D eigenvalue weighted by molar-refractivity contribution is 0.182. The van der Waals surface area contributed by atoms with Crippen LogP contribution in [-0.4, -0.2) is 41.2 Å². The van der Waals surface area contributed by atoms with Crippen LogP contribution in [-0.2, 0) is 22.9 Å². The molecule has 4 rings (SSSR count). The maximum absolute atomic E-state index is 14.3. The van der Waals surface area contributed by atoms with Gasteiger partial charge in [-0.15, -0.1) is 0 Å². The van der Waals surface area contributed by atoms with Crippen LogP contribution in [0.2, 0.25) is 0 Å². The molecule has 0 saturated heterocycles. The first kappa shape index (κ1) is 20.5. The number of hydrogen-bond acceptors (Lipinski definition) is 4. The molecule has 0 N–H and O–H groups in total. The number of benzene rings is 1. The molecule has 29 heavy (non-hydrogen) atoms. The van der Waals surface area contributed by atoms with E-state index in [2.05, 4.69) is 16.9 Å². The number of halogens is 1. The molecule has 5 nitrogen and oxygen atoms in total. The maximum Gasteiger partial charge on any atom is 0.228 e. The fraction of sp³-hybridized carbons (Fsp3) is 0.591. The van der Waals surface area contributed by atoms with Gasteiger partial charge in [0.25, 0.3) is 0 Å². The molecule has 0 radical (unpaired) electrons. The summed E-state index contributed by atoms with van der Waals surface area (Å²) in [7, 11) is -1.45. The SMILES string of the molecule is CC(C)S(=O)(=O)c1ncc(CN(C)C(C2CC2)C2CC2)n1Cc1ccccc1F. The predicted octanol–water partition coefficient (Wildman–Crippen LogP) is 3.87. The lowest BCUT2D eigenvalue weighted by atomic mass is 10.1. The van der Waals surface area contributed by atoms with Crippen LogP contribution in [0.15, 0.2) is 35.6 Å². The van der Waals surface area contributed by atoms with Gasteiger partial charge in [-0.1, -0.05) is 18.2 Å². The molecule has 0 spiro atoms. The first-order valence-corrected chi connectivity index (χ1v) is 12.1. The molecule has 2 fully saturated rings. The first-order valence-electron chi connectivity index (χ1n) is 10.5. The molecule has 0 atom stereocenters. The monoisotopic (exact) mass is 419 g/mol. The van der Waals surface area contributed by atoms with Gasteiger partial charge in [-0.25, -0.2) is 17.8 Å². The second kappa shape index (κ2) is 7.84. The average Bonchev–Trinajstić information content (AvgIpc) is 3.59. The summed E-state index contributed by atoms with van der Waals surface area (Å²) in [5, 5.41) is -0.547. The summed E-state index contributed by atoms with van der Waals surface area (Å²) >= 11 is 0. The second-order valence-electron chi connectivity index (χ2n) is 8.88. The minimum absolute atomic E-state index is 0.0357. The predicted molar refractivity (Wildman–Crippen MR) is 111 cm³/mol. The molecule has 0 amide bonds. The first-order chi connectivity index (χ1) is 13.8. The van der Waals surface area contributed by atoms with Crippen LogP contribution >= 0.6 is 0 Å². The van der Waals surface area contributed by atoms with Crippen LogP contribution in [0.25, 0.3) is 0 Å². The summed E-state index contributed by atoms with van der Waals surface area (Å²) in [4.78, 5) is 6.65. The van der Waals surface area contributed by atoms with Gasteiger partial charge in [-0.05, 0) is 64.5 Å². The molecule has 1 aromatic carbocycles. The summed E-state index contributed by atoms with van der Waals surface area (Å²) in [5.41, 5.74) is 1.29. The molecule has 0 bridgehead atoms. The van der Waals surface area contributed by atoms with E-state index in [1.165, 1.54) is 31.7 Å². The second-order valence-corrected chi connectivity index (χ2v) is 11.3. The fourth-order valence-electron chi connectivity index (χ4n) is 4.26. The van der Waals surface area contributed by atoms with E-state index < -0.39 is 15.1 Å². The van der Waals surface area contributed by atoms with E-state index in [0.29, 0.717) is 18.2 Å². The topological polar surface area (TPSA) is 55.2 Å². The van der Waals surface area contributed by atoms with Crippen molar-refractivity contribution in [2.24, 2.45) is 11.8 Å². The van der Waals surface area contributed by atoms with Crippen molar-refractivity contribution in [1.29, 1.82) is 0 Å². The van der Waals surface area contributed by atoms with E-state index in [0.717, 1.165) is 17.5 Å². The number of imidazole rings is 1. The Balaban J connectivity index is 1.67. The van der Waals surface area contributed by atoms with E-state index in [4.69, 9.17) is 0 Å². The molecule has 2 aliphatic rings. The van der Waals surface area contributed by atoms with Crippen molar-refractivity contribution in [3.63, 3.8) is 0 Å². The molecule has 0 unspecified atom stereocenters. The number of aromatic nitrogens is 2. The molecular weight excluding hydrogens is 389 g/mol. The minimum atomic E-state index is -3.57. The molecule has 7 heteroatoms. The lowest BCUT2D eigenvalue weighted by Gasteiger charge is -2.28. The molecule has 0 aliphatic heterocycles. The maximum atomic E-state index is 14.3. The third-order valence-corrected chi connectivity index (χ3v) is 8.27. The molecule has 2 aromatic rings. The van der Waals surface area contributed by atoms with Crippen LogP contribution < -0.4 is 0 Å². The Morgan fingerprint density at radius 3 is 2.34 bits per heavy atom. The number of rotatable bonds is 9. The molecular formula is C22H30FN3O2S. The smallest absolute Gasteiger partial charge is 0.228 e. The van der Waals surface area contributed by atoms with E-state index in [-0.39, 0.29) is 17.5 Å². The van der Waals surface area contributed by atoms with Gasteiger partial charge in [-0.2, -0.15) is 0 Å². The summed E-state index contributed by atoms with van der Waals surface area (Å²) in [6.45, 7) is 4.08. The normalized spacial score (nSPS) is 17.6. The summed E-state index contributed by atoms with van der Waals surface area (Å²) in [6.07, 6.45) is 6.79. The van der Waals surface area contributed by atoms with Crippen molar-refractivity contribution in [2.75, 3.05) is 7.05 Å². The Morgan fingerprint density at radius 1 is 1.17 bits per heavy atom. The number of nitrogens with zero attached hydrogens (tertiary/aromatic N) is 3. The van der Waals surface area contributed by atoms with Gasteiger partial charge in [0.15, 0.2) is 0 Å². The largest absolute Gasteiger partial charge is 0.313 e. The molecule has 2 aliphatic carbocycles. The third kappa shape index (κ3) is 4.26. The van der Waals surface area contributed by atoms with Crippen molar-refractivity contribution >= 4 is 9.84 Å². The average molecular weight is 420 g/mol. The quantitative estimate of drug-likeness (QED) is 0.619. The Labute approximate surface area is 172 Å². The highest BCUT2D eigenvalue weighted by Gasteiger charge is 2.43. The van der Waals surface area contributed by atoms with Crippen molar-refractivity contribution in [1.82, 2.24) is 14.5 Å². The highest BCUT2D eigenvalue weighted by Crippen LogP contribution is 2.47. The standard InChI is InChI=1S/C22H30FN3O2S/c1-15(2)29(27,28)22-24-12-19(26(22)13-18-6-4-5-7-20(18)23)14-25(3)21(16-8-9-16)17-10-11-17/h4-7,12,15-17,21H,8-11,13-14H2,1-3H3. The third-order valence-electron chi connectivity index (χ3n) is 6.19. The molecule has 1 aromatic heterocycles. The lowest BCUT2D eigenvalue weighted by Crippen LogP contribution is -2.35. The van der Waals surface area contributed by atoms with Crippen molar-refractivity contribution < 1.29 is 12.8 Å². The van der Waals surface area contributed by atoms with Gasteiger partial charge < -0.3 is 4.57 Å². The van der Waals surface area contributed by atoms with Gasteiger partial charge in [0.2, 0.25) is 15.0 Å². The van der Waals surface area contributed by atoms with E-state index in [1.807, 2.05) is 0 Å². The Morgan fingerprint density at radius 2 is 1.79 bits per heavy atom. The van der Waals surface area contributed by atoms with Gasteiger partial charge >= 0.3 is 0 Å². The van der Waals surface area contributed by atoms with Crippen LogP contribution in [0, 0.1) is 17.7 Å². The van der Waals surface area contributed by atoms with E-state index in [9.17, 15) is 12.8 Å². The zero-order valence-corrected chi connectivity index (χ0v) is 18.2. The zero-order chi connectivity index (χ0) is 20.8. The van der Waals surface area contributed by atoms with E-state index >= 15 is 0 Å². The summed E-state index contributed by atoms with van der Waals surface area (Å²) in [5.74, 6) is 1.19. The van der Waals surface area contributed by atoms with Crippen LogP contribution in [0.1, 0.15) is 50.8 Å². The minimum Gasteiger partial charge on any atom is -0.313 e. The number of hydrogen-bond donors (Lipinski definition) is 0. The summed E-state index contributed by atoms with van der Waals surface area (Å²) in [6, 6.07) is 7.07. The Kier molecular flexibility index (Phi) is 5.55. The molecule has 158 valence electrons. The van der Waals surface area contributed by atoms with Gasteiger partial charge in [0.05, 0.1) is 23.7 Å². The molecule has 1 heterocycles. The van der Waals surface area contributed by atoms with Crippen molar-refractivity contribution in [3.05, 3.63) is 47.5 Å². The Hall–Kier alpha value is -1.73.